The summed E-state index contributed by atoms with van der Waals surface area (Å²) in [6, 6.07) is 15.0. The van der Waals surface area contributed by atoms with Gasteiger partial charge in [0, 0.05) is 18.8 Å². The Bertz CT molecular complexity index is 847. The lowest BCUT2D eigenvalue weighted by Crippen LogP contribution is -2.31. The highest BCUT2D eigenvalue weighted by molar-refractivity contribution is 7.89. The third kappa shape index (κ3) is 5.78. The number of hydrogen-bond acceptors (Lipinski definition) is 5. The number of anilines is 1. The number of carbonyl (C=O) groups is 1. The Hall–Kier alpha value is -2.42. The molecule has 1 aliphatic heterocycles. The second kappa shape index (κ2) is 8.98. The Kier molecular flexibility index (Phi) is 6.44. The molecule has 27 heavy (non-hydrogen) atoms. The summed E-state index contributed by atoms with van der Waals surface area (Å²) in [7, 11) is -3.61. The minimum Gasteiger partial charge on any atom is -0.484 e. The van der Waals surface area contributed by atoms with Gasteiger partial charge in [-0.3, -0.25) is 4.79 Å². The van der Waals surface area contributed by atoms with Gasteiger partial charge in [-0.05, 0) is 49.2 Å². The van der Waals surface area contributed by atoms with Crippen LogP contribution in [0.5, 0.6) is 5.75 Å². The highest BCUT2D eigenvalue weighted by atomic mass is 32.2. The molecule has 0 radical (unpaired) electrons. The average molecular weight is 390 g/mol. The van der Waals surface area contributed by atoms with Crippen molar-refractivity contribution in [1.82, 2.24) is 4.72 Å². The van der Waals surface area contributed by atoms with Crippen molar-refractivity contribution in [1.29, 1.82) is 0 Å². The molecule has 0 aromatic heterocycles. The maximum Gasteiger partial charge on any atom is 0.262 e. The van der Waals surface area contributed by atoms with Crippen LogP contribution in [0.2, 0.25) is 0 Å². The van der Waals surface area contributed by atoms with Crippen molar-refractivity contribution in [2.45, 2.75) is 23.8 Å². The molecular weight excluding hydrogens is 368 g/mol. The Morgan fingerprint density at radius 3 is 2.52 bits per heavy atom. The summed E-state index contributed by atoms with van der Waals surface area (Å²) in [5.41, 5.74) is 0.495. The van der Waals surface area contributed by atoms with Crippen molar-refractivity contribution in [3.63, 3.8) is 0 Å². The number of rotatable bonds is 8. The molecule has 8 heteroatoms. The van der Waals surface area contributed by atoms with Crippen molar-refractivity contribution in [3.05, 3.63) is 54.6 Å². The third-order valence-electron chi connectivity index (χ3n) is 4.09. The topological polar surface area (TPSA) is 93.7 Å². The molecule has 1 atom stereocenters. The maximum absolute atomic E-state index is 12.3. The third-order valence-corrected chi connectivity index (χ3v) is 5.53. The summed E-state index contributed by atoms with van der Waals surface area (Å²) in [5.74, 6) is 0.275. The van der Waals surface area contributed by atoms with E-state index in [2.05, 4.69) is 10.0 Å². The minimum absolute atomic E-state index is 0.0667. The predicted octanol–water partition coefficient (Wildman–Crippen LogP) is 2.16. The Morgan fingerprint density at radius 1 is 1.11 bits per heavy atom. The number of benzene rings is 2. The Labute approximate surface area is 158 Å². The maximum atomic E-state index is 12.3. The van der Waals surface area contributed by atoms with E-state index in [0.717, 1.165) is 12.8 Å². The molecule has 1 fully saturated rings. The van der Waals surface area contributed by atoms with Gasteiger partial charge in [0.2, 0.25) is 10.0 Å². The monoisotopic (exact) mass is 390 g/mol. The molecule has 0 aliphatic carbocycles. The van der Waals surface area contributed by atoms with Crippen molar-refractivity contribution >= 4 is 21.6 Å². The average Bonchev–Trinajstić information content (AvgIpc) is 3.20. The number of para-hydroxylation sites is 1. The van der Waals surface area contributed by atoms with E-state index in [9.17, 15) is 13.2 Å². The SMILES string of the molecule is O=C(COc1ccccc1)Nc1ccc(S(=O)(=O)NC[C@@H]2CCCO2)cc1. The Morgan fingerprint density at radius 2 is 1.85 bits per heavy atom. The van der Waals surface area contributed by atoms with Crippen LogP contribution in [-0.2, 0) is 19.6 Å². The van der Waals surface area contributed by atoms with Gasteiger partial charge in [-0.2, -0.15) is 0 Å². The molecule has 1 aliphatic rings. The van der Waals surface area contributed by atoms with Gasteiger partial charge in [0.15, 0.2) is 6.61 Å². The van der Waals surface area contributed by atoms with Crippen LogP contribution >= 0.6 is 0 Å². The highest BCUT2D eigenvalue weighted by Gasteiger charge is 2.20. The standard InChI is InChI=1S/C19H22N2O5S/c22-19(14-26-16-5-2-1-3-6-16)21-15-8-10-18(11-9-15)27(23,24)20-13-17-7-4-12-25-17/h1-3,5-6,8-11,17,20H,4,7,12-14H2,(H,21,22)/t17-/m0/s1. The van der Waals surface area contributed by atoms with E-state index in [-0.39, 0.29) is 30.1 Å². The van der Waals surface area contributed by atoms with Crippen LogP contribution in [0.3, 0.4) is 0 Å². The van der Waals surface area contributed by atoms with Crippen LogP contribution in [-0.4, -0.2) is 40.2 Å². The zero-order valence-electron chi connectivity index (χ0n) is 14.8. The summed E-state index contributed by atoms with van der Waals surface area (Å²) < 4.78 is 38.0. The van der Waals surface area contributed by atoms with Crippen molar-refractivity contribution in [3.8, 4) is 5.75 Å². The fraction of sp³-hybridized carbons (Fsp3) is 0.316. The second-order valence-corrected chi connectivity index (χ2v) is 7.93. The van der Waals surface area contributed by atoms with Gasteiger partial charge in [-0.25, -0.2) is 13.1 Å². The van der Waals surface area contributed by atoms with Crippen molar-refractivity contribution in [2.75, 3.05) is 25.1 Å². The molecule has 2 N–H and O–H groups in total. The van der Waals surface area contributed by atoms with Crippen LogP contribution in [0.15, 0.2) is 59.5 Å². The molecule has 7 nitrogen and oxygen atoms in total. The van der Waals surface area contributed by atoms with Crippen LogP contribution in [0.25, 0.3) is 0 Å². The fourth-order valence-corrected chi connectivity index (χ4v) is 3.74. The summed E-state index contributed by atoms with van der Waals surface area (Å²) in [6.45, 7) is 0.805. The minimum atomic E-state index is -3.61. The highest BCUT2D eigenvalue weighted by Crippen LogP contribution is 2.16. The molecule has 2 aromatic carbocycles. The van der Waals surface area contributed by atoms with Gasteiger partial charge in [-0.15, -0.1) is 0 Å². The lowest BCUT2D eigenvalue weighted by atomic mass is 10.2. The number of ether oxygens (including phenoxy) is 2. The van der Waals surface area contributed by atoms with E-state index in [0.29, 0.717) is 18.0 Å². The predicted molar refractivity (Wildman–Crippen MR) is 101 cm³/mol. The Balaban J connectivity index is 1.50. The van der Waals surface area contributed by atoms with E-state index < -0.39 is 10.0 Å². The van der Waals surface area contributed by atoms with Crippen LogP contribution < -0.4 is 14.8 Å². The van der Waals surface area contributed by atoms with Crippen LogP contribution in [0.1, 0.15) is 12.8 Å². The van der Waals surface area contributed by atoms with Gasteiger partial charge >= 0.3 is 0 Å². The smallest absolute Gasteiger partial charge is 0.262 e. The molecule has 0 spiro atoms. The first-order chi connectivity index (χ1) is 13.0. The molecule has 1 saturated heterocycles. The van der Waals surface area contributed by atoms with Crippen LogP contribution in [0.4, 0.5) is 5.69 Å². The number of sulfonamides is 1. The largest absolute Gasteiger partial charge is 0.484 e. The normalized spacial score (nSPS) is 16.8. The summed E-state index contributed by atoms with van der Waals surface area (Å²) >= 11 is 0. The van der Waals surface area contributed by atoms with E-state index in [4.69, 9.17) is 9.47 Å². The summed E-state index contributed by atoms with van der Waals surface area (Å²) in [6.07, 6.45) is 1.75. The van der Waals surface area contributed by atoms with E-state index in [1.807, 2.05) is 18.2 Å². The van der Waals surface area contributed by atoms with Gasteiger partial charge < -0.3 is 14.8 Å². The molecule has 0 saturated carbocycles. The molecule has 1 amide bonds. The van der Waals surface area contributed by atoms with Gasteiger partial charge in [-0.1, -0.05) is 18.2 Å². The molecule has 1 heterocycles. The first-order valence-electron chi connectivity index (χ1n) is 8.72. The van der Waals surface area contributed by atoms with E-state index in [1.165, 1.54) is 12.1 Å². The first kappa shape index (κ1) is 19.3. The fourth-order valence-electron chi connectivity index (χ4n) is 2.67. The van der Waals surface area contributed by atoms with Crippen molar-refractivity contribution in [2.24, 2.45) is 0 Å². The number of nitrogens with one attached hydrogen (secondary N) is 2. The number of hydrogen-bond donors (Lipinski definition) is 2. The van der Waals surface area contributed by atoms with Crippen LogP contribution in [0, 0.1) is 0 Å². The molecule has 144 valence electrons. The van der Waals surface area contributed by atoms with E-state index >= 15 is 0 Å². The summed E-state index contributed by atoms with van der Waals surface area (Å²) in [5, 5.41) is 2.67. The number of carbonyl (C=O) groups excluding carboxylic acids is 1. The molecule has 3 rings (SSSR count). The van der Waals surface area contributed by atoms with Gasteiger partial charge in [0.05, 0.1) is 11.0 Å². The zero-order chi connectivity index (χ0) is 19.1. The molecule has 0 unspecified atom stereocenters. The van der Waals surface area contributed by atoms with Crippen molar-refractivity contribution < 1.29 is 22.7 Å². The van der Waals surface area contributed by atoms with Gasteiger partial charge in [0.25, 0.3) is 5.91 Å². The molecule has 0 bridgehead atoms. The summed E-state index contributed by atoms with van der Waals surface area (Å²) in [4.78, 5) is 12.1. The number of amides is 1. The lowest BCUT2D eigenvalue weighted by molar-refractivity contribution is -0.118. The first-order valence-corrected chi connectivity index (χ1v) is 10.2. The van der Waals surface area contributed by atoms with Gasteiger partial charge in [0.1, 0.15) is 5.75 Å². The van der Waals surface area contributed by atoms with E-state index in [1.54, 1.807) is 24.3 Å². The molecule has 2 aromatic rings. The molecular formula is C19H22N2O5S. The second-order valence-electron chi connectivity index (χ2n) is 6.16. The lowest BCUT2D eigenvalue weighted by Gasteiger charge is -2.12. The zero-order valence-corrected chi connectivity index (χ0v) is 15.6. The quantitative estimate of drug-likeness (QED) is 0.720.